The van der Waals surface area contributed by atoms with Gasteiger partial charge in [-0.15, -0.1) is 0 Å². The van der Waals surface area contributed by atoms with Crippen LogP contribution in [0.3, 0.4) is 0 Å². The highest BCUT2D eigenvalue weighted by Crippen LogP contribution is 2.16. The van der Waals surface area contributed by atoms with Gasteiger partial charge in [0.25, 0.3) is 0 Å². The van der Waals surface area contributed by atoms with E-state index in [0.29, 0.717) is 12.2 Å². The number of aromatic nitrogens is 1. The van der Waals surface area contributed by atoms with Crippen molar-refractivity contribution in [2.75, 3.05) is 5.32 Å². The summed E-state index contributed by atoms with van der Waals surface area (Å²) in [5.74, 6) is -1.33. The maximum Gasteiger partial charge on any atom is 0.313 e. The molecular weight excluding hydrogens is 266 g/mol. The molecule has 1 aromatic carbocycles. The van der Waals surface area contributed by atoms with Crippen molar-refractivity contribution in [2.45, 2.75) is 20.4 Å². The molecule has 0 aliphatic heterocycles. The molecule has 0 radical (unpaired) electrons. The van der Waals surface area contributed by atoms with Crippen LogP contribution >= 0.6 is 0 Å². The predicted octanol–water partition coefficient (Wildman–Crippen LogP) is 1.95. The van der Waals surface area contributed by atoms with Gasteiger partial charge >= 0.3 is 11.8 Å². The number of carbonyl (C=O) groups excluding carboxylic acids is 2. The summed E-state index contributed by atoms with van der Waals surface area (Å²) in [7, 11) is 0. The van der Waals surface area contributed by atoms with Crippen molar-refractivity contribution in [3.05, 3.63) is 59.4 Å². The average Bonchev–Trinajstić information content (AvgIpc) is 2.49. The van der Waals surface area contributed by atoms with E-state index in [0.717, 1.165) is 16.7 Å². The third-order valence-corrected chi connectivity index (χ3v) is 3.05. The van der Waals surface area contributed by atoms with Crippen molar-refractivity contribution in [2.24, 2.45) is 0 Å². The lowest BCUT2D eigenvalue weighted by molar-refractivity contribution is -0.136. The van der Waals surface area contributed by atoms with Crippen LogP contribution in [0.1, 0.15) is 16.7 Å². The van der Waals surface area contributed by atoms with Gasteiger partial charge in [0, 0.05) is 24.6 Å². The van der Waals surface area contributed by atoms with Crippen LogP contribution in [0, 0.1) is 13.8 Å². The Morgan fingerprint density at radius 1 is 1.05 bits per heavy atom. The zero-order valence-corrected chi connectivity index (χ0v) is 12.0. The maximum absolute atomic E-state index is 11.9. The number of carbonyl (C=O) groups is 2. The third-order valence-electron chi connectivity index (χ3n) is 3.05. The summed E-state index contributed by atoms with van der Waals surface area (Å²) in [4.78, 5) is 27.5. The zero-order chi connectivity index (χ0) is 15.2. The number of nitrogens with one attached hydrogen (secondary N) is 2. The Morgan fingerprint density at radius 2 is 1.76 bits per heavy atom. The highest BCUT2D eigenvalue weighted by Gasteiger charge is 2.14. The Hall–Kier alpha value is -2.69. The number of benzene rings is 1. The number of hydrogen-bond acceptors (Lipinski definition) is 3. The number of pyridine rings is 1. The van der Waals surface area contributed by atoms with Gasteiger partial charge in [-0.05, 0) is 48.7 Å². The highest BCUT2D eigenvalue weighted by molar-refractivity contribution is 6.39. The molecule has 0 atom stereocenters. The summed E-state index contributed by atoms with van der Waals surface area (Å²) in [6.45, 7) is 4.10. The van der Waals surface area contributed by atoms with E-state index in [-0.39, 0.29) is 0 Å². The number of rotatable bonds is 3. The van der Waals surface area contributed by atoms with E-state index in [1.807, 2.05) is 32.0 Å². The van der Waals surface area contributed by atoms with Crippen molar-refractivity contribution < 1.29 is 9.59 Å². The molecule has 0 spiro atoms. The molecule has 0 bridgehead atoms. The second-order valence-electron chi connectivity index (χ2n) is 4.81. The highest BCUT2D eigenvalue weighted by atomic mass is 16.2. The lowest BCUT2D eigenvalue weighted by Crippen LogP contribution is -2.35. The smallest absolute Gasteiger partial charge is 0.313 e. The fraction of sp³-hybridized carbons (Fsp3) is 0.188. The molecule has 1 heterocycles. The summed E-state index contributed by atoms with van der Waals surface area (Å²) < 4.78 is 0. The molecule has 5 heteroatoms. The van der Waals surface area contributed by atoms with Gasteiger partial charge in [-0.2, -0.15) is 0 Å². The van der Waals surface area contributed by atoms with Gasteiger partial charge in [0.1, 0.15) is 0 Å². The monoisotopic (exact) mass is 283 g/mol. The Balaban J connectivity index is 1.94. The van der Waals surface area contributed by atoms with Crippen molar-refractivity contribution in [1.29, 1.82) is 0 Å². The minimum Gasteiger partial charge on any atom is -0.344 e. The molecule has 2 N–H and O–H groups in total. The Labute approximate surface area is 123 Å². The van der Waals surface area contributed by atoms with E-state index in [1.54, 1.807) is 24.5 Å². The van der Waals surface area contributed by atoms with Crippen molar-refractivity contribution in [3.8, 4) is 0 Å². The minimum atomic E-state index is -0.669. The lowest BCUT2D eigenvalue weighted by Gasteiger charge is -2.09. The van der Waals surface area contributed by atoms with E-state index in [2.05, 4.69) is 15.6 Å². The van der Waals surface area contributed by atoms with E-state index in [9.17, 15) is 9.59 Å². The lowest BCUT2D eigenvalue weighted by atomic mass is 10.1. The topological polar surface area (TPSA) is 71.1 Å². The van der Waals surface area contributed by atoms with Gasteiger partial charge in [0.2, 0.25) is 0 Å². The summed E-state index contributed by atoms with van der Waals surface area (Å²) in [5.41, 5.74) is 3.47. The second kappa shape index (κ2) is 6.65. The standard InChI is InChI=1S/C16H17N3O2/c1-11-3-4-12(2)14(9-11)19-16(21)15(20)18-10-13-5-7-17-8-6-13/h3-9H,10H2,1-2H3,(H,18,20)(H,19,21). The van der Waals surface area contributed by atoms with Crippen molar-refractivity contribution in [1.82, 2.24) is 10.3 Å². The van der Waals surface area contributed by atoms with Gasteiger partial charge in [-0.1, -0.05) is 12.1 Å². The van der Waals surface area contributed by atoms with Crippen LogP contribution in [0.2, 0.25) is 0 Å². The first-order valence-electron chi connectivity index (χ1n) is 6.61. The largest absolute Gasteiger partial charge is 0.344 e. The molecule has 108 valence electrons. The number of aryl methyl sites for hydroxylation is 2. The predicted molar refractivity (Wildman–Crippen MR) is 80.6 cm³/mol. The summed E-state index contributed by atoms with van der Waals surface area (Å²) in [6.07, 6.45) is 3.27. The quantitative estimate of drug-likeness (QED) is 0.846. The molecule has 0 unspecified atom stereocenters. The Kier molecular flexibility index (Phi) is 4.66. The van der Waals surface area contributed by atoms with Crippen LogP contribution in [0.4, 0.5) is 5.69 Å². The van der Waals surface area contributed by atoms with E-state index < -0.39 is 11.8 Å². The molecule has 0 fully saturated rings. The molecule has 1 aromatic heterocycles. The minimum absolute atomic E-state index is 0.293. The first-order valence-corrected chi connectivity index (χ1v) is 6.61. The van der Waals surface area contributed by atoms with E-state index >= 15 is 0 Å². The van der Waals surface area contributed by atoms with Crippen molar-refractivity contribution >= 4 is 17.5 Å². The molecule has 2 rings (SSSR count). The van der Waals surface area contributed by atoms with Gasteiger partial charge in [0.05, 0.1) is 0 Å². The Bertz CT molecular complexity index is 654. The van der Waals surface area contributed by atoms with Crippen LogP contribution in [0.25, 0.3) is 0 Å². The normalized spacial score (nSPS) is 10.0. The molecule has 2 aromatic rings. The Morgan fingerprint density at radius 3 is 2.48 bits per heavy atom. The maximum atomic E-state index is 11.9. The van der Waals surface area contributed by atoms with Crippen LogP contribution in [-0.4, -0.2) is 16.8 Å². The molecule has 0 saturated carbocycles. The molecule has 0 saturated heterocycles. The summed E-state index contributed by atoms with van der Waals surface area (Å²) in [5, 5.41) is 5.20. The zero-order valence-electron chi connectivity index (χ0n) is 12.0. The molecule has 5 nitrogen and oxygen atoms in total. The fourth-order valence-electron chi connectivity index (χ4n) is 1.81. The number of anilines is 1. The van der Waals surface area contributed by atoms with Crippen LogP contribution in [-0.2, 0) is 16.1 Å². The molecular formula is C16H17N3O2. The number of hydrogen-bond donors (Lipinski definition) is 2. The molecule has 0 aliphatic rings. The SMILES string of the molecule is Cc1ccc(C)c(NC(=O)C(=O)NCc2ccncc2)c1. The second-order valence-corrected chi connectivity index (χ2v) is 4.81. The van der Waals surface area contributed by atoms with Gasteiger partial charge in [-0.3, -0.25) is 14.6 Å². The summed E-state index contributed by atoms with van der Waals surface area (Å²) >= 11 is 0. The van der Waals surface area contributed by atoms with E-state index in [1.165, 1.54) is 0 Å². The van der Waals surface area contributed by atoms with Gasteiger partial charge in [0.15, 0.2) is 0 Å². The fourth-order valence-corrected chi connectivity index (χ4v) is 1.81. The molecule has 21 heavy (non-hydrogen) atoms. The first-order chi connectivity index (χ1) is 10.1. The van der Waals surface area contributed by atoms with Crippen molar-refractivity contribution in [3.63, 3.8) is 0 Å². The number of nitrogens with zero attached hydrogens (tertiary/aromatic N) is 1. The summed E-state index contributed by atoms with van der Waals surface area (Å²) in [6, 6.07) is 9.25. The van der Waals surface area contributed by atoms with Crippen LogP contribution in [0.15, 0.2) is 42.7 Å². The van der Waals surface area contributed by atoms with Gasteiger partial charge < -0.3 is 10.6 Å². The van der Waals surface area contributed by atoms with Crippen LogP contribution < -0.4 is 10.6 Å². The molecule has 2 amide bonds. The van der Waals surface area contributed by atoms with Gasteiger partial charge in [-0.25, -0.2) is 0 Å². The average molecular weight is 283 g/mol. The van der Waals surface area contributed by atoms with E-state index in [4.69, 9.17) is 0 Å². The van der Waals surface area contributed by atoms with Crippen LogP contribution in [0.5, 0.6) is 0 Å². The third kappa shape index (κ3) is 4.14. The number of amides is 2. The molecule has 0 aliphatic carbocycles. The first kappa shape index (κ1) is 14.7.